The lowest BCUT2D eigenvalue weighted by molar-refractivity contribution is -0.110. The van der Waals surface area contributed by atoms with Crippen molar-refractivity contribution in [1.29, 1.82) is 0 Å². The Balaban J connectivity index is 3.58. The van der Waals surface area contributed by atoms with Gasteiger partial charge in [-0.05, 0) is 25.3 Å². The first-order valence-electron chi connectivity index (χ1n) is 3.79. The van der Waals surface area contributed by atoms with E-state index >= 15 is 0 Å². The topological polar surface area (TPSA) is 17.1 Å². The van der Waals surface area contributed by atoms with Crippen LogP contribution >= 0.6 is 0 Å². The van der Waals surface area contributed by atoms with E-state index in [1.807, 2.05) is 19.9 Å². The maximum absolute atomic E-state index is 10.2. The quantitative estimate of drug-likeness (QED) is 0.443. The molecule has 0 fully saturated rings. The van der Waals surface area contributed by atoms with Crippen LogP contribution < -0.4 is 0 Å². The summed E-state index contributed by atoms with van der Waals surface area (Å²) in [5.74, 6) is 2.68. The molecule has 11 heavy (non-hydrogen) atoms. The first-order valence-corrected chi connectivity index (χ1v) is 3.79. The molecule has 0 aliphatic carbocycles. The van der Waals surface area contributed by atoms with Gasteiger partial charge >= 0.3 is 0 Å². The fourth-order valence-electron chi connectivity index (χ4n) is 0.690. The van der Waals surface area contributed by atoms with Crippen LogP contribution in [-0.2, 0) is 4.79 Å². The Morgan fingerprint density at radius 2 is 2.36 bits per heavy atom. The highest BCUT2D eigenvalue weighted by molar-refractivity contribution is 5.52. The number of hydrogen-bond acceptors (Lipinski definition) is 1. The standard InChI is InChI=1S/C10H14O/c1-4-9(2)6-5-7-10(3)8-11/h1,6,8,10H,5,7H2,2-3H3/b9-6+. The minimum absolute atomic E-state index is 0.150. The van der Waals surface area contributed by atoms with E-state index in [4.69, 9.17) is 6.42 Å². The van der Waals surface area contributed by atoms with Crippen molar-refractivity contribution in [3.8, 4) is 12.3 Å². The highest BCUT2D eigenvalue weighted by Gasteiger charge is 1.95. The lowest BCUT2D eigenvalue weighted by Crippen LogP contribution is -1.93. The van der Waals surface area contributed by atoms with Gasteiger partial charge in [-0.15, -0.1) is 6.42 Å². The number of terminal acetylenes is 1. The van der Waals surface area contributed by atoms with Crippen LogP contribution in [0.4, 0.5) is 0 Å². The van der Waals surface area contributed by atoms with Crippen LogP contribution in [0.15, 0.2) is 11.6 Å². The predicted octanol–water partition coefficient (Wildman–Crippen LogP) is 2.18. The Morgan fingerprint density at radius 1 is 1.73 bits per heavy atom. The molecule has 60 valence electrons. The van der Waals surface area contributed by atoms with Crippen molar-refractivity contribution in [2.24, 2.45) is 5.92 Å². The van der Waals surface area contributed by atoms with Gasteiger partial charge in [0.15, 0.2) is 0 Å². The molecular weight excluding hydrogens is 136 g/mol. The lowest BCUT2D eigenvalue weighted by atomic mass is 10.1. The Morgan fingerprint density at radius 3 is 2.82 bits per heavy atom. The van der Waals surface area contributed by atoms with Gasteiger partial charge in [-0.1, -0.05) is 18.9 Å². The first-order chi connectivity index (χ1) is 5.20. The van der Waals surface area contributed by atoms with Crippen molar-refractivity contribution in [3.05, 3.63) is 11.6 Å². The van der Waals surface area contributed by atoms with Crippen LogP contribution in [-0.4, -0.2) is 6.29 Å². The second-order valence-electron chi connectivity index (χ2n) is 2.72. The molecule has 0 saturated carbocycles. The highest BCUT2D eigenvalue weighted by atomic mass is 16.1. The van der Waals surface area contributed by atoms with Gasteiger partial charge in [0.1, 0.15) is 6.29 Å². The number of rotatable bonds is 4. The van der Waals surface area contributed by atoms with Crippen LogP contribution in [0, 0.1) is 18.3 Å². The Bertz CT molecular complexity index is 184. The molecule has 0 N–H and O–H groups in total. The van der Waals surface area contributed by atoms with Crippen molar-refractivity contribution < 1.29 is 4.79 Å². The summed E-state index contributed by atoms with van der Waals surface area (Å²) in [4.78, 5) is 10.2. The molecule has 0 bridgehead atoms. The normalized spacial score (nSPS) is 13.7. The van der Waals surface area contributed by atoms with Gasteiger partial charge in [0, 0.05) is 5.92 Å². The zero-order valence-corrected chi connectivity index (χ0v) is 7.13. The summed E-state index contributed by atoms with van der Waals surface area (Å²) in [5.41, 5.74) is 0.947. The van der Waals surface area contributed by atoms with Crippen molar-refractivity contribution in [3.63, 3.8) is 0 Å². The highest BCUT2D eigenvalue weighted by Crippen LogP contribution is 2.04. The van der Waals surface area contributed by atoms with E-state index in [9.17, 15) is 4.79 Å². The number of aldehydes is 1. The summed E-state index contributed by atoms with van der Waals surface area (Å²) in [6.45, 7) is 3.80. The molecule has 0 spiro atoms. The van der Waals surface area contributed by atoms with Crippen molar-refractivity contribution in [1.82, 2.24) is 0 Å². The zero-order valence-electron chi connectivity index (χ0n) is 7.13. The third kappa shape index (κ3) is 5.42. The van der Waals surface area contributed by atoms with E-state index in [2.05, 4.69) is 5.92 Å². The molecule has 0 rings (SSSR count). The molecule has 0 saturated heterocycles. The first kappa shape index (κ1) is 9.97. The molecular formula is C10H14O. The predicted molar refractivity (Wildman–Crippen MR) is 47.1 cm³/mol. The van der Waals surface area contributed by atoms with E-state index in [1.165, 1.54) is 0 Å². The van der Waals surface area contributed by atoms with Crippen molar-refractivity contribution in [2.75, 3.05) is 0 Å². The molecule has 0 radical (unpaired) electrons. The minimum Gasteiger partial charge on any atom is -0.303 e. The van der Waals surface area contributed by atoms with Crippen LogP contribution in [0.1, 0.15) is 26.7 Å². The monoisotopic (exact) mass is 150 g/mol. The average Bonchev–Trinajstić information content (AvgIpc) is 2.04. The molecule has 0 amide bonds. The number of carbonyl (C=O) groups excluding carboxylic acids is 1. The minimum atomic E-state index is 0.150. The summed E-state index contributed by atoms with van der Waals surface area (Å²) < 4.78 is 0. The van der Waals surface area contributed by atoms with Crippen molar-refractivity contribution >= 4 is 6.29 Å². The maximum atomic E-state index is 10.2. The molecule has 1 unspecified atom stereocenters. The van der Waals surface area contributed by atoms with Crippen molar-refractivity contribution in [2.45, 2.75) is 26.7 Å². The summed E-state index contributed by atoms with van der Waals surface area (Å²) >= 11 is 0. The summed E-state index contributed by atoms with van der Waals surface area (Å²) in [6, 6.07) is 0. The number of carbonyl (C=O) groups is 1. The Kier molecular flexibility index (Phi) is 5.20. The molecule has 0 aliphatic rings. The molecule has 0 aliphatic heterocycles. The van der Waals surface area contributed by atoms with Gasteiger partial charge in [0.05, 0.1) is 0 Å². The Labute approximate surface area is 68.5 Å². The van der Waals surface area contributed by atoms with E-state index in [0.717, 1.165) is 24.7 Å². The summed E-state index contributed by atoms with van der Waals surface area (Å²) in [6.07, 6.45) is 9.88. The molecule has 0 aromatic carbocycles. The van der Waals surface area contributed by atoms with Crippen LogP contribution in [0.2, 0.25) is 0 Å². The lowest BCUT2D eigenvalue weighted by Gasteiger charge is -1.98. The van der Waals surface area contributed by atoms with E-state index in [-0.39, 0.29) is 5.92 Å². The second-order valence-corrected chi connectivity index (χ2v) is 2.72. The van der Waals surface area contributed by atoms with Crippen LogP contribution in [0.5, 0.6) is 0 Å². The molecule has 1 nitrogen and oxygen atoms in total. The third-order valence-corrected chi connectivity index (χ3v) is 1.53. The van der Waals surface area contributed by atoms with Gasteiger partial charge in [-0.3, -0.25) is 0 Å². The fraction of sp³-hybridized carbons (Fsp3) is 0.500. The molecule has 0 heterocycles. The van der Waals surface area contributed by atoms with Gasteiger partial charge in [0.2, 0.25) is 0 Å². The number of hydrogen-bond donors (Lipinski definition) is 0. The van der Waals surface area contributed by atoms with E-state index in [1.54, 1.807) is 0 Å². The van der Waals surface area contributed by atoms with Gasteiger partial charge < -0.3 is 4.79 Å². The fourth-order valence-corrected chi connectivity index (χ4v) is 0.690. The summed E-state index contributed by atoms with van der Waals surface area (Å²) in [5, 5.41) is 0. The van der Waals surface area contributed by atoms with Crippen LogP contribution in [0.3, 0.4) is 0 Å². The Hall–Kier alpha value is -1.03. The van der Waals surface area contributed by atoms with Crippen LogP contribution in [0.25, 0.3) is 0 Å². The largest absolute Gasteiger partial charge is 0.303 e. The smallest absolute Gasteiger partial charge is 0.122 e. The maximum Gasteiger partial charge on any atom is 0.122 e. The molecule has 0 aromatic rings. The third-order valence-electron chi connectivity index (χ3n) is 1.53. The SMILES string of the molecule is C#C/C(C)=C/CCC(C)C=O. The van der Waals surface area contributed by atoms with Gasteiger partial charge in [-0.25, -0.2) is 0 Å². The molecule has 1 atom stereocenters. The van der Waals surface area contributed by atoms with E-state index in [0.29, 0.717) is 0 Å². The second kappa shape index (κ2) is 5.73. The zero-order chi connectivity index (χ0) is 8.69. The van der Waals surface area contributed by atoms with Gasteiger partial charge in [-0.2, -0.15) is 0 Å². The van der Waals surface area contributed by atoms with E-state index < -0.39 is 0 Å². The summed E-state index contributed by atoms with van der Waals surface area (Å²) in [7, 11) is 0. The van der Waals surface area contributed by atoms with Gasteiger partial charge in [0.25, 0.3) is 0 Å². The average molecular weight is 150 g/mol. The molecule has 1 heteroatoms. The molecule has 0 aromatic heterocycles. The number of allylic oxidation sites excluding steroid dienone is 2.